The van der Waals surface area contributed by atoms with Gasteiger partial charge in [-0.05, 0) is 74.0 Å². The lowest BCUT2D eigenvalue weighted by atomic mass is 10.00. The van der Waals surface area contributed by atoms with Crippen LogP contribution >= 0.6 is 11.3 Å². The van der Waals surface area contributed by atoms with Gasteiger partial charge in [-0.3, -0.25) is 9.59 Å². The molecule has 1 atom stereocenters. The molecule has 1 aliphatic heterocycles. The molecule has 2 amide bonds. The third kappa shape index (κ3) is 5.51. The van der Waals surface area contributed by atoms with Crippen LogP contribution in [0.4, 0.5) is 0 Å². The van der Waals surface area contributed by atoms with E-state index in [1.807, 2.05) is 30.9 Å². The lowest BCUT2D eigenvalue weighted by Gasteiger charge is -2.37. The molecule has 6 nitrogen and oxygen atoms in total. The lowest BCUT2D eigenvalue weighted by molar-refractivity contribution is -0.135. The first-order valence-electron chi connectivity index (χ1n) is 11.9. The molecule has 0 saturated heterocycles. The first kappa shape index (κ1) is 24.8. The molecule has 0 N–H and O–H groups in total. The highest BCUT2D eigenvalue weighted by molar-refractivity contribution is 7.10. The molecule has 0 bridgehead atoms. The number of carbonyl (C=O) groups is 2. The average molecular weight is 493 g/mol. The Labute approximate surface area is 211 Å². The van der Waals surface area contributed by atoms with Gasteiger partial charge in [0.15, 0.2) is 0 Å². The molecule has 2 heterocycles. The third-order valence-corrected chi connectivity index (χ3v) is 7.45. The summed E-state index contributed by atoms with van der Waals surface area (Å²) in [6.07, 6.45) is 0.814. The van der Waals surface area contributed by atoms with Crippen LogP contribution in [-0.2, 0) is 11.2 Å². The normalized spacial score (nSPS) is 14.9. The molecule has 184 valence electrons. The van der Waals surface area contributed by atoms with Gasteiger partial charge < -0.3 is 19.3 Å². The van der Waals surface area contributed by atoms with Crippen molar-refractivity contribution >= 4 is 23.2 Å². The van der Waals surface area contributed by atoms with E-state index in [9.17, 15) is 9.59 Å². The molecule has 0 aliphatic carbocycles. The number of ether oxygens (including phenoxy) is 2. The van der Waals surface area contributed by atoms with Gasteiger partial charge in [-0.2, -0.15) is 0 Å². The molecule has 0 spiro atoms. The highest BCUT2D eigenvalue weighted by atomic mass is 32.1. The topological polar surface area (TPSA) is 59.1 Å². The number of amides is 2. The molecular formula is C28H32N2O4S. The molecule has 0 unspecified atom stereocenters. The molecule has 3 aromatic rings. The standard InChI is InChI=1S/C28H32N2O4S/c1-5-29(28(32)21-7-6-8-22(16-21)33-4)17-27(31)30-13-11-26-23(12-14-35-26)24(30)18-34-25-10-9-19(2)15-20(25)3/h6-10,12,14-16,24H,5,11,13,17-18H2,1-4H3/t24-/m1/s1. The second kappa shape index (κ2) is 11.0. The number of rotatable bonds is 8. The van der Waals surface area contributed by atoms with Gasteiger partial charge in [0.25, 0.3) is 5.91 Å². The van der Waals surface area contributed by atoms with E-state index in [1.165, 1.54) is 10.4 Å². The summed E-state index contributed by atoms with van der Waals surface area (Å²) in [5, 5.41) is 2.08. The van der Waals surface area contributed by atoms with Crippen molar-refractivity contribution in [1.29, 1.82) is 0 Å². The van der Waals surface area contributed by atoms with Crippen molar-refractivity contribution in [3.63, 3.8) is 0 Å². The number of aryl methyl sites for hydroxylation is 2. The van der Waals surface area contributed by atoms with E-state index >= 15 is 0 Å². The number of nitrogens with zero attached hydrogens (tertiary/aromatic N) is 2. The van der Waals surface area contributed by atoms with Gasteiger partial charge >= 0.3 is 0 Å². The summed E-state index contributed by atoms with van der Waals surface area (Å²) in [6, 6.07) is 15.0. The first-order chi connectivity index (χ1) is 16.9. The zero-order valence-electron chi connectivity index (χ0n) is 20.7. The summed E-state index contributed by atoms with van der Waals surface area (Å²) in [6.45, 7) is 7.41. The van der Waals surface area contributed by atoms with Gasteiger partial charge in [0, 0.05) is 23.5 Å². The molecule has 7 heteroatoms. The number of benzene rings is 2. The van der Waals surface area contributed by atoms with Gasteiger partial charge in [-0.15, -0.1) is 11.3 Å². The Balaban J connectivity index is 1.51. The van der Waals surface area contributed by atoms with Crippen LogP contribution in [0.2, 0.25) is 0 Å². The van der Waals surface area contributed by atoms with Gasteiger partial charge in [-0.1, -0.05) is 23.8 Å². The van der Waals surface area contributed by atoms with Gasteiger partial charge in [0.1, 0.15) is 24.7 Å². The summed E-state index contributed by atoms with van der Waals surface area (Å²) in [5.74, 6) is 1.18. The monoisotopic (exact) mass is 492 g/mol. The Hall–Kier alpha value is -3.32. The Bertz CT molecular complexity index is 1210. The highest BCUT2D eigenvalue weighted by Gasteiger charge is 2.33. The molecule has 2 aromatic carbocycles. The van der Waals surface area contributed by atoms with Crippen LogP contribution in [0.1, 0.15) is 44.9 Å². The number of methoxy groups -OCH3 is 1. The fraction of sp³-hybridized carbons (Fsp3) is 0.357. The van der Waals surface area contributed by atoms with Crippen molar-refractivity contribution < 1.29 is 19.1 Å². The number of hydrogen-bond acceptors (Lipinski definition) is 5. The Morgan fingerprint density at radius 2 is 1.97 bits per heavy atom. The summed E-state index contributed by atoms with van der Waals surface area (Å²) in [5.41, 5.74) is 3.91. The van der Waals surface area contributed by atoms with Crippen LogP contribution in [0.15, 0.2) is 53.9 Å². The molecule has 1 aromatic heterocycles. The predicted molar refractivity (Wildman–Crippen MR) is 138 cm³/mol. The molecular weight excluding hydrogens is 460 g/mol. The average Bonchev–Trinajstić information content (AvgIpc) is 3.35. The molecule has 4 rings (SSSR count). The summed E-state index contributed by atoms with van der Waals surface area (Å²) in [4.78, 5) is 31.5. The molecule has 0 saturated carbocycles. The van der Waals surface area contributed by atoms with Crippen molar-refractivity contribution in [2.24, 2.45) is 0 Å². The maximum atomic E-state index is 13.5. The lowest BCUT2D eigenvalue weighted by Crippen LogP contribution is -2.47. The van der Waals surface area contributed by atoms with Crippen molar-refractivity contribution in [3.8, 4) is 11.5 Å². The SMILES string of the molecule is CCN(CC(=O)N1CCc2sccc2[C@H]1COc1ccc(C)cc1C)C(=O)c1cccc(OC)c1. The van der Waals surface area contributed by atoms with E-state index in [2.05, 4.69) is 24.4 Å². The Morgan fingerprint density at radius 1 is 1.14 bits per heavy atom. The molecule has 1 aliphatic rings. The smallest absolute Gasteiger partial charge is 0.254 e. The van der Waals surface area contributed by atoms with Crippen molar-refractivity contribution in [2.45, 2.75) is 33.2 Å². The largest absolute Gasteiger partial charge is 0.497 e. The maximum Gasteiger partial charge on any atom is 0.254 e. The van der Waals surface area contributed by atoms with E-state index in [0.717, 1.165) is 23.3 Å². The predicted octanol–water partition coefficient (Wildman–Crippen LogP) is 5.04. The van der Waals surface area contributed by atoms with E-state index in [1.54, 1.807) is 47.6 Å². The van der Waals surface area contributed by atoms with Crippen LogP contribution in [0, 0.1) is 13.8 Å². The second-order valence-electron chi connectivity index (χ2n) is 8.78. The van der Waals surface area contributed by atoms with E-state index in [0.29, 0.717) is 31.0 Å². The van der Waals surface area contributed by atoms with E-state index < -0.39 is 0 Å². The number of fused-ring (bicyclic) bond motifs is 1. The maximum absolute atomic E-state index is 13.5. The molecule has 35 heavy (non-hydrogen) atoms. The number of likely N-dealkylation sites (N-methyl/N-ethyl adjacent to an activating group) is 1. The third-order valence-electron chi connectivity index (χ3n) is 6.45. The van der Waals surface area contributed by atoms with E-state index in [4.69, 9.17) is 9.47 Å². The Kier molecular flexibility index (Phi) is 7.76. The van der Waals surface area contributed by atoms with Gasteiger partial charge in [0.05, 0.1) is 13.2 Å². The number of hydrogen-bond donors (Lipinski definition) is 0. The van der Waals surface area contributed by atoms with Crippen LogP contribution in [-0.4, -0.2) is 55.0 Å². The zero-order valence-corrected chi connectivity index (χ0v) is 21.6. The number of carbonyl (C=O) groups excluding carboxylic acids is 2. The fourth-order valence-electron chi connectivity index (χ4n) is 4.52. The van der Waals surface area contributed by atoms with Gasteiger partial charge in [0.2, 0.25) is 5.91 Å². The van der Waals surface area contributed by atoms with Crippen molar-refractivity contribution in [2.75, 3.05) is 33.4 Å². The molecule has 0 radical (unpaired) electrons. The quantitative estimate of drug-likeness (QED) is 0.442. The van der Waals surface area contributed by atoms with E-state index in [-0.39, 0.29) is 24.4 Å². The summed E-state index contributed by atoms with van der Waals surface area (Å²) in [7, 11) is 1.57. The van der Waals surface area contributed by atoms with Crippen LogP contribution in [0.5, 0.6) is 11.5 Å². The van der Waals surface area contributed by atoms with Crippen molar-refractivity contribution in [1.82, 2.24) is 9.80 Å². The number of thiophene rings is 1. The first-order valence-corrected chi connectivity index (χ1v) is 12.8. The fourth-order valence-corrected chi connectivity index (χ4v) is 5.45. The van der Waals surface area contributed by atoms with Crippen LogP contribution in [0.3, 0.4) is 0 Å². The minimum atomic E-state index is -0.191. The Morgan fingerprint density at radius 3 is 2.71 bits per heavy atom. The van der Waals surface area contributed by atoms with Gasteiger partial charge in [-0.25, -0.2) is 0 Å². The zero-order chi connectivity index (χ0) is 24.9. The summed E-state index contributed by atoms with van der Waals surface area (Å²) < 4.78 is 11.5. The second-order valence-corrected chi connectivity index (χ2v) is 9.78. The molecule has 0 fully saturated rings. The minimum Gasteiger partial charge on any atom is -0.497 e. The van der Waals surface area contributed by atoms with Crippen LogP contribution in [0.25, 0.3) is 0 Å². The van der Waals surface area contributed by atoms with Crippen molar-refractivity contribution in [3.05, 3.63) is 81.0 Å². The highest BCUT2D eigenvalue weighted by Crippen LogP contribution is 2.34. The minimum absolute atomic E-state index is 0.0199. The van der Waals surface area contributed by atoms with Crippen LogP contribution < -0.4 is 9.47 Å². The summed E-state index contributed by atoms with van der Waals surface area (Å²) >= 11 is 1.72.